The van der Waals surface area contributed by atoms with Gasteiger partial charge in [-0.2, -0.15) is 0 Å². The van der Waals surface area contributed by atoms with Gasteiger partial charge in [0.15, 0.2) is 0 Å². The molecule has 0 aliphatic heterocycles. The Morgan fingerprint density at radius 3 is 2.53 bits per heavy atom. The van der Waals surface area contributed by atoms with Crippen molar-refractivity contribution in [1.82, 2.24) is 15.2 Å². The van der Waals surface area contributed by atoms with Crippen molar-refractivity contribution in [3.8, 4) is 5.75 Å². The molecule has 2 amide bonds. The summed E-state index contributed by atoms with van der Waals surface area (Å²) in [6.07, 6.45) is 6.44. The number of aromatic amines is 1. The van der Waals surface area contributed by atoms with Crippen LogP contribution in [0.1, 0.15) is 49.0 Å². The molecule has 0 radical (unpaired) electrons. The average molecular weight is 491 g/mol. The van der Waals surface area contributed by atoms with Gasteiger partial charge in [0, 0.05) is 49.2 Å². The number of methoxy groups -OCH3 is 1. The van der Waals surface area contributed by atoms with Crippen LogP contribution in [0.2, 0.25) is 0 Å². The quantitative estimate of drug-likeness (QED) is 0.351. The Labute approximate surface area is 213 Å². The number of rotatable bonds is 11. The first-order valence-electron chi connectivity index (χ1n) is 13.0. The van der Waals surface area contributed by atoms with E-state index >= 15 is 0 Å². The molecule has 2 aromatic carbocycles. The van der Waals surface area contributed by atoms with Crippen LogP contribution < -0.4 is 15.4 Å². The number of amides is 2. The number of benzene rings is 2. The van der Waals surface area contributed by atoms with Crippen molar-refractivity contribution in [1.29, 1.82) is 0 Å². The van der Waals surface area contributed by atoms with E-state index in [4.69, 9.17) is 4.74 Å². The molecule has 4 rings (SSSR count). The number of likely N-dealkylation sites (N-methyl/N-ethyl adjacent to an activating group) is 1. The van der Waals surface area contributed by atoms with Gasteiger partial charge in [0.2, 0.25) is 5.91 Å². The molecule has 1 aliphatic carbocycles. The second-order valence-electron chi connectivity index (χ2n) is 9.73. The van der Waals surface area contributed by atoms with Crippen LogP contribution in [-0.2, 0) is 4.79 Å². The Kier molecular flexibility index (Phi) is 8.87. The maximum Gasteiger partial charge on any atom is 0.267 e. The largest absolute Gasteiger partial charge is 0.497 e. The molecule has 7 heteroatoms. The van der Waals surface area contributed by atoms with Gasteiger partial charge in [0.05, 0.1) is 7.11 Å². The molecule has 0 saturated heterocycles. The van der Waals surface area contributed by atoms with Gasteiger partial charge < -0.3 is 25.3 Å². The number of aromatic nitrogens is 1. The lowest BCUT2D eigenvalue weighted by Crippen LogP contribution is -2.41. The molecule has 1 fully saturated rings. The van der Waals surface area contributed by atoms with E-state index in [-0.39, 0.29) is 17.7 Å². The summed E-state index contributed by atoms with van der Waals surface area (Å²) in [5.41, 5.74) is 2.50. The third-order valence-corrected chi connectivity index (χ3v) is 7.29. The molecule has 7 nitrogen and oxygen atoms in total. The smallest absolute Gasteiger partial charge is 0.267 e. The summed E-state index contributed by atoms with van der Waals surface area (Å²) in [5.74, 6) is 1.18. The Bertz CT molecular complexity index is 1100. The number of hydrogen-bond acceptors (Lipinski definition) is 4. The Morgan fingerprint density at radius 1 is 1.06 bits per heavy atom. The number of anilines is 1. The number of hydrogen-bond donors (Lipinski definition) is 3. The molecular formula is C29H38N4O3. The molecule has 1 aliphatic rings. The van der Waals surface area contributed by atoms with Crippen molar-refractivity contribution >= 4 is 28.4 Å². The van der Waals surface area contributed by atoms with Crippen LogP contribution >= 0.6 is 0 Å². The second kappa shape index (κ2) is 12.5. The van der Waals surface area contributed by atoms with Crippen LogP contribution in [0.5, 0.6) is 5.75 Å². The predicted molar refractivity (Wildman–Crippen MR) is 144 cm³/mol. The summed E-state index contributed by atoms with van der Waals surface area (Å²) >= 11 is 0. The highest BCUT2D eigenvalue weighted by Gasteiger charge is 2.31. The van der Waals surface area contributed by atoms with Gasteiger partial charge >= 0.3 is 0 Å². The number of carbonyl (C=O) groups is 2. The summed E-state index contributed by atoms with van der Waals surface area (Å²) in [7, 11) is 3.54. The highest BCUT2D eigenvalue weighted by atomic mass is 16.5. The van der Waals surface area contributed by atoms with Crippen molar-refractivity contribution in [3.05, 3.63) is 60.3 Å². The number of carbonyl (C=O) groups excluding carboxylic acids is 2. The fourth-order valence-electron chi connectivity index (χ4n) is 5.20. The lowest BCUT2D eigenvalue weighted by atomic mass is 9.78. The van der Waals surface area contributed by atoms with Gasteiger partial charge in [-0.25, -0.2) is 0 Å². The van der Waals surface area contributed by atoms with E-state index in [1.54, 1.807) is 7.11 Å². The normalized spacial score (nSPS) is 14.8. The van der Waals surface area contributed by atoms with Crippen LogP contribution in [0.15, 0.2) is 54.6 Å². The summed E-state index contributed by atoms with van der Waals surface area (Å²) in [4.78, 5) is 31.3. The van der Waals surface area contributed by atoms with Gasteiger partial charge in [0.1, 0.15) is 11.4 Å². The minimum atomic E-state index is -0.127. The Balaban J connectivity index is 1.31. The van der Waals surface area contributed by atoms with Crippen LogP contribution in [0, 0.1) is 11.8 Å². The van der Waals surface area contributed by atoms with Gasteiger partial charge in [-0.1, -0.05) is 37.5 Å². The minimum absolute atomic E-state index is 0.0701. The monoisotopic (exact) mass is 490 g/mol. The molecule has 0 bridgehead atoms. The molecule has 36 heavy (non-hydrogen) atoms. The van der Waals surface area contributed by atoms with Crippen LogP contribution in [0.3, 0.4) is 0 Å². The maximum atomic E-state index is 13.5. The van der Waals surface area contributed by atoms with Crippen LogP contribution in [0.4, 0.5) is 5.69 Å². The molecule has 1 heterocycles. The van der Waals surface area contributed by atoms with E-state index < -0.39 is 0 Å². The van der Waals surface area contributed by atoms with Gasteiger partial charge in [-0.05, 0) is 61.6 Å². The molecular weight excluding hydrogens is 452 g/mol. The predicted octanol–water partition coefficient (Wildman–Crippen LogP) is 5.06. The highest BCUT2D eigenvalue weighted by Crippen LogP contribution is 2.32. The fourth-order valence-corrected chi connectivity index (χ4v) is 5.20. The van der Waals surface area contributed by atoms with Gasteiger partial charge in [-0.15, -0.1) is 0 Å². The summed E-state index contributed by atoms with van der Waals surface area (Å²) in [6, 6.07) is 17.5. The van der Waals surface area contributed by atoms with Crippen LogP contribution in [0.25, 0.3) is 10.9 Å². The van der Waals surface area contributed by atoms with Crippen LogP contribution in [-0.4, -0.2) is 55.5 Å². The Morgan fingerprint density at radius 2 is 1.81 bits per heavy atom. The topological polar surface area (TPSA) is 86.5 Å². The van der Waals surface area contributed by atoms with E-state index in [2.05, 4.69) is 15.6 Å². The van der Waals surface area contributed by atoms with Crippen molar-refractivity contribution in [2.75, 3.05) is 39.1 Å². The maximum absolute atomic E-state index is 13.5. The lowest BCUT2D eigenvalue weighted by Gasteiger charge is -2.32. The zero-order valence-electron chi connectivity index (χ0n) is 21.4. The third kappa shape index (κ3) is 6.59. The molecule has 1 atom stereocenters. The number of H-pyrrole nitrogens is 1. The van der Waals surface area contributed by atoms with E-state index in [1.807, 2.05) is 66.5 Å². The van der Waals surface area contributed by atoms with Crippen molar-refractivity contribution in [2.45, 2.75) is 38.5 Å². The summed E-state index contributed by atoms with van der Waals surface area (Å²) in [6.45, 7) is 1.78. The molecule has 0 spiro atoms. The number of fused-ring (bicyclic) bond motifs is 1. The minimum Gasteiger partial charge on any atom is -0.497 e. The average Bonchev–Trinajstić information content (AvgIpc) is 3.36. The van der Waals surface area contributed by atoms with Crippen molar-refractivity contribution in [3.63, 3.8) is 0 Å². The highest BCUT2D eigenvalue weighted by molar-refractivity contribution is 5.98. The number of ether oxygens (including phenoxy) is 1. The molecule has 1 aromatic heterocycles. The Hall–Kier alpha value is -3.48. The van der Waals surface area contributed by atoms with Gasteiger partial charge in [0.25, 0.3) is 5.91 Å². The lowest BCUT2D eigenvalue weighted by molar-refractivity contribution is -0.136. The summed E-state index contributed by atoms with van der Waals surface area (Å²) in [5, 5.41) is 7.43. The van der Waals surface area contributed by atoms with Gasteiger partial charge in [-0.3, -0.25) is 9.59 Å². The molecule has 3 N–H and O–H groups in total. The third-order valence-electron chi connectivity index (χ3n) is 7.29. The number of nitrogens with one attached hydrogen (secondary N) is 3. The zero-order valence-corrected chi connectivity index (χ0v) is 21.4. The van der Waals surface area contributed by atoms with Crippen molar-refractivity contribution in [2.24, 2.45) is 11.8 Å². The van der Waals surface area contributed by atoms with E-state index in [1.165, 1.54) is 19.3 Å². The van der Waals surface area contributed by atoms with E-state index in [0.717, 1.165) is 35.2 Å². The van der Waals surface area contributed by atoms with Crippen molar-refractivity contribution < 1.29 is 14.3 Å². The molecule has 1 unspecified atom stereocenters. The molecule has 1 saturated carbocycles. The summed E-state index contributed by atoms with van der Waals surface area (Å²) < 4.78 is 5.20. The first-order valence-corrected chi connectivity index (χ1v) is 13.0. The number of nitrogens with zero attached hydrogens (tertiary/aromatic N) is 1. The standard InChI is InChI=1S/C29H38N4O3/c1-33(19-18-30-23-12-14-24(36-2)15-13-23)29(35)25(21-8-4-3-5-9-21)16-17-31-28(34)27-20-22-10-6-7-11-26(22)32-27/h6-7,10-15,20-21,25,30,32H,3-5,8-9,16-19H2,1-2H3,(H,31,34). The molecule has 192 valence electrons. The first-order chi connectivity index (χ1) is 17.5. The van der Waals surface area contributed by atoms with E-state index in [9.17, 15) is 9.59 Å². The second-order valence-corrected chi connectivity index (χ2v) is 9.73. The zero-order chi connectivity index (χ0) is 25.3. The first kappa shape index (κ1) is 25.6. The number of para-hydroxylation sites is 1. The molecule has 3 aromatic rings. The van der Waals surface area contributed by atoms with E-state index in [0.29, 0.717) is 37.7 Å². The SMILES string of the molecule is COc1ccc(NCCN(C)C(=O)C(CCNC(=O)c2cc3ccccc3[nH]2)C2CCCCC2)cc1. The fraction of sp³-hybridized carbons (Fsp3) is 0.448.